The van der Waals surface area contributed by atoms with E-state index in [9.17, 15) is 25.5 Å². The van der Waals surface area contributed by atoms with E-state index in [2.05, 4.69) is 152 Å². The molecular weight excluding hydrogens is 865 g/mol. The summed E-state index contributed by atoms with van der Waals surface area (Å²) < 4.78 is 6.47. The van der Waals surface area contributed by atoms with Crippen molar-refractivity contribution in [1.82, 2.24) is 0 Å². The summed E-state index contributed by atoms with van der Waals surface area (Å²) in [7, 11) is 0. The summed E-state index contributed by atoms with van der Waals surface area (Å²) in [6, 6.07) is 73.3. The minimum Gasteiger partial charge on any atom is -0.504 e. The van der Waals surface area contributed by atoms with Crippen molar-refractivity contribution in [3.05, 3.63) is 212 Å². The highest BCUT2D eigenvalue weighted by molar-refractivity contribution is 6.27. The summed E-state index contributed by atoms with van der Waals surface area (Å²) in [6.45, 7) is 0. The van der Waals surface area contributed by atoms with Crippen LogP contribution in [0.15, 0.2) is 217 Å². The van der Waals surface area contributed by atoms with Crippen LogP contribution in [0.1, 0.15) is 0 Å². The highest BCUT2D eigenvalue weighted by Crippen LogP contribution is 2.58. The van der Waals surface area contributed by atoms with Crippen LogP contribution in [0.2, 0.25) is 0 Å². The number of fused-ring (bicyclic) bond motifs is 8. The van der Waals surface area contributed by atoms with Gasteiger partial charge in [-0.3, -0.25) is 0 Å². The summed E-state index contributed by atoms with van der Waals surface area (Å²) in [5.41, 5.74) is 12.8. The predicted molar refractivity (Wildman–Crippen MR) is 285 cm³/mol. The molecule has 0 aliphatic heterocycles. The van der Waals surface area contributed by atoms with Crippen molar-refractivity contribution in [3.8, 4) is 95.5 Å². The Balaban J connectivity index is 0.902. The molecule has 0 atom stereocenters. The van der Waals surface area contributed by atoms with Crippen molar-refractivity contribution >= 4 is 65.0 Å². The zero-order valence-electron chi connectivity index (χ0n) is 37.4. The topological polar surface area (TPSA) is 114 Å². The Morgan fingerprint density at radius 1 is 0.229 bits per heavy atom. The minimum atomic E-state index is -1.00. The van der Waals surface area contributed by atoms with Crippen LogP contribution < -0.4 is 0 Å². The van der Waals surface area contributed by atoms with Gasteiger partial charge in [0, 0.05) is 16.3 Å². The number of furan rings is 1. The summed E-state index contributed by atoms with van der Waals surface area (Å²) in [5.74, 6) is -4.32. The first kappa shape index (κ1) is 40.7. The zero-order chi connectivity index (χ0) is 47.2. The summed E-state index contributed by atoms with van der Waals surface area (Å²) in [6.07, 6.45) is 0. The first-order chi connectivity index (χ1) is 34.3. The highest BCUT2D eigenvalue weighted by Gasteiger charge is 2.28. The molecule has 6 heteroatoms. The number of hydrogen-bond donors (Lipinski definition) is 5. The fourth-order valence-corrected chi connectivity index (χ4v) is 10.7. The molecule has 0 saturated carbocycles. The Hall–Kier alpha value is -9.52. The van der Waals surface area contributed by atoms with E-state index in [1.165, 1.54) is 11.1 Å². The first-order valence-corrected chi connectivity index (χ1v) is 23.1. The predicted octanol–water partition coefficient (Wildman–Crippen LogP) is 16.7. The van der Waals surface area contributed by atoms with Crippen molar-refractivity contribution in [2.45, 2.75) is 0 Å². The quantitative estimate of drug-likeness (QED) is 0.0491. The average Bonchev–Trinajstić information content (AvgIpc) is 3.79. The van der Waals surface area contributed by atoms with Gasteiger partial charge in [-0.1, -0.05) is 176 Å². The summed E-state index contributed by atoms with van der Waals surface area (Å²) >= 11 is 0. The Labute approximate surface area is 401 Å². The molecule has 0 aliphatic carbocycles. The SMILES string of the molecule is Oc1c(O)c(O)c(-c2c3ccccc3c(-c3cc4ccccc4c4cc(-c5ccc(-c6ccc7oc8cc(-c9ccccc9-c9ccccc9)ccc8c7c6)cc5)ccc34)c3ccccc23)c(O)c1O. The van der Waals surface area contributed by atoms with Gasteiger partial charge >= 0.3 is 0 Å². The fourth-order valence-electron chi connectivity index (χ4n) is 10.7. The van der Waals surface area contributed by atoms with Crippen LogP contribution >= 0.6 is 0 Å². The van der Waals surface area contributed by atoms with Crippen LogP contribution in [-0.2, 0) is 0 Å². The smallest absolute Gasteiger partial charge is 0.208 e. The largest absolute Gasteiger partial charge is 0.504 e. The number of hydrogen-bond acceptors (Lipinski definition) is 6. The van der Waals surface area contributed by atoms with Crippen LogP contribution in [0.3, 0.4) is 0 Å². The zero-order valence-corrected chi connectivity index (χ0v) is 37.4. The van der Waals surface area contributed by atoms with Crippen molar-refractivity contribution < 1.29 is 29.9 Å². The molecule has 13 aromatic rings. The Kier molecular flexibility index (Phi) is 9.19. The van der Waals surface area contributed by atoms with E-state index in [0.717, 1.165) is 98.8 Å². The number of aromatic hydroxyl groups is 5. The lowest BCUT2D eigenvalue weighted by Crippen LogP contribution is -1.93. The molecule has 70 heavy (non-hydrogen) atoms. The fraction of sp³-hybridized carbons (Fsp3) is 0. The van der Waals surface area contributed by atoms with Crippen molar-refractivity contribution in [3.63, 3.8) is 0 Å². The standard InChI is InChI=1S/C64H40O6/c65-60-59(61(66)63(68)64(69)62(60)67)58-50-20-10-8-18-48(50)57(49-19-9-11-21-51(49)58)54-34-41-14-4-5-17-45(41)52-32-39(26-29-46(52)54)36-22-24-37(25-23-36)40-28-31-55-53(33-40)47-30-27-42(35-56(47)70-55)44-16-7-6-15-43(44)38-12-2-1-3-13-38/h1-35,65-69H. The third-order valence-electron chi connectivity index (χ3n) is 14.0. The molecule has 0 radical (unpaired) electrons. The van der Waals surface area contributed by atoms with E-state index in [4.69, 9.17) is 4.42 Å². The van der Waals surface area contributed by atoms with Crippen molar-refractivity contribution in [1.29, 1.82) is 0 Å². The van der Waals surface area contributed by atoms with Gasteiger partial charge in [-0.15, -0.1) is 0 Å². The van der Waals surface area contributed by atoms with Gasteiger partial charge in [0.05, 0.1) is 5.56 Å². The molecule has 13 rings (SSSR count). The van der Waals surface area contributed by atoms with E-state index in [1.54, 1.807) is 0 Å². The highest BCUT2D eigenvalue weighted by atomic mass is 16.4. The Bertz CT molecular complexity index is 4200. The van der Waals surface area contributed by atoms with Crippen molar-refractivity contribution in [2.75, 3.05) is 0 Å². The normalized spacial score (nSPS) is 11.7. The number of phenolic OH excluding ortho intramolecular Hbond substituents is 5. The summed E-state index contributed by atoms with van der Waals surface area (Å²) in [4.78, 5) is 0. The molecule has 0 bridgehead atoms. The van der Waals surface area contributed by atoms with E-state index in [-0.39, 0.29) is 5.56 Å². The van der Waals surface area contributed by atoms with E-state index >= 15 is 0 Å². The lowest BCUT2D eigenvalue weighted by Gasteiger charge is -2.21. The monoisotopic (exact) mass is 904 g/mol. The Morgan fingerprint density at radius 2 is 0.700 bits per heavy atom. The molecule has 0 amide bonds. The number of benzene rings is 12. The molecule has 1 aromatic heterocycles. The maximum Gasteiger partial charge on any atom is 0.208 e. The molecule has 12 aromatic carbocycles. The van der Waals surface area contributed by atoms with Gasteiger partial charge in [-0.2, -0.15) is 0 Å². The molecule has 5 N–H and O–H groups in total. The van der Waals surface area contributed by atoms with Gasteiger partial charge in [0.2, 0.25) is 17.2 Å². The molecule has 332 valence electrons. The molecule has 6 nitrogen and oxygen atoms in total. The van der Waals surface area contributed by atoms with E-state index in [0.29, 0.717) is 16.3 Å². The molecule has 0 aliphatic rings. The Morgan fingerprint density at radius 3 is 1.34 bits per heavy atom. The van der Waals surface area contributed by atoms with E-state index < -0.39 is 28.7 Å². The molecule has 0 unspecified atom stereocenters. The number of rotatable bonds is 6. The summed E-state index contributed by atoms with van der Waals surface area (Å²) in [5, 5.41) is 63.6. The molecule has 0 saturated heterocycles. The molecular formula is C64H40O6. The van der Waals surface area contributed by atoms with Gasteiger partial charge in [0.25, 0.3) is 0 Å². The second-order valence-corrected chi connectivity index (χ2v) is 17.9. The third kappa shape index (κ3) is 6.27. The molecule has 1 heterocycles. The van der Waals surface area contributed by atoms with Gasteiger partial charge in [0.15, 0.2) is 11.5 Å². The van der Waals surface area contributed by atoms with Crippen LogP contribution in [0, 0.1) is 0 Å². The first-order valence-electron chi connectivity index (χ1n) is 23.1. The minimum absolute atomic E-state index is 0.183. The average molecular weight is 905 g/mol. The van der Waals surface area contributed by atoms with Gasteiger partial charge in [0.1, 0.15) is 11.2 Å². The van der Waals surface area contributed by atoms with E-state index in [1.807, 2.05) is 60.7 Å². The van der Waals surface area contributed by atoms with Crippen molar-refractivity contribution in [2.24, 2.45) is 0 Å². The van der Waals surface area contributed by atoms with Crippen LogP contribution in [0.5, 0.6) is 28.7 Å². The van der Waals surface area contributed by atoms with Gasteiger partial charge in [-0.25, -0.2) is 0 Å². The second-order valence-electron chi connectivity index (χ2n) is 17.9. The number of phenols is 5. The maximum atomic E-state index is 11.2. The van der Waals surface area contributed by atoms with Crippen LogP contribution in [0.25, 0.3) is 132 Å². The molecule has 0 spiro atoms. The van der Waals surface area contributed by atoms with Crippen LogP contribution in [0.4, 0.5) is 0 Å². The van der Waals surface area contributed by atoms with Crippen LogP contribution in [-0.4, -0.2) is 25.5 Å². The third-order valence-corrected chi connectivity index (χ3v) is 14.0. The van der Waals surface area contributed by atoms with Gasteiger partial charge in [-0.05, 0) is 135 Å². The lowest BCUT2D eigenvalue weighted by molar-refractivity contribution is 0.330. The lowest BCUT2D eigenvalue weighted by atomic mass is 9.83. The second kappa shape index (κ2) is 15.8. The molecule has 0 fully saturated rings. The maximum absolute atomic E-state index is 11.2. The van der Waals surface area contributed by atoms with Gasteiger partial charge < -0.3 is 29.9 Å².